The first kappa shape index (κ1) is 18.1. The summed E-state index contributed by atoms with van der Waals surface area (Å²) < 4.78 is 29.6. The minimum atomic E-state index is -3.34. The predicted molar refractivity (Wildman–Crippen MR) is 97.3 cm³/mol. The molecule has 2 heterocycles. The summed E-state index contributed by atoms with van der Waals surface area (Å²) in [7, 11) is -3.34. The van der Waals surface area contributed by atoms with Gasteiger partial charge in [-0.1, -0.05) is 30.3 Å². The molecule has 2 N–H and O–H groups in total. The number of hydrogen-bond donors (Lipinski definition) is 1. The molecule has 0 aromatic heterocycles. The SMILES string of the molecule is Cl.NC[C@@H]1CN(S(=O)(=O)N2CC3CCC2C3)C[C@H]1c1ccccc1. The van der Waals surface area contributed by atoms with Gasteiger partial charge in [0, 0.05) is 31.6 Å². The lowest BCUT2D eigenvalue weighted by Gasteiger charge is -2.30. The van der Waals surface area contributed by atoms with Crippen molar-refractivity contribution in [1.29, 1.82) is 0 Å². The highest BCUT2D eigenvalue weighted by molar-refractivity contribution is 7.86. The van der Waals surface area contributed by atoms with Gasteiger partial charge in [0.1, 0.15) is 0 Å². The molecular weight excluding hydrogens is 346 g/mol. The number of benzene rings is 1. The molecule has 1 aromatic rings. The molecule has 2 bridgehead atoms. The van der Waals surface area contributed by atoms with Crippen molar-refractivity contribution in [1.82, 2.24) is 8.61 Å². The van der Waals surface area contributed by atoms with Gasteiger partial charge in [0.25, 0.3) is 10.2 Å². The van der Waals surface area contributed by atoms with Crippen molar-refractivity contribution in [2.24, 2.45) is 17.6 Å². The summed E-state index contributed by atoms with van der Waals surface area (Å²) in [6.07, 6.45) is 3.27. The van der Waals surface area contributed by atoms with E-state index in [1.807, 2.05) is 18.2 Å². The molecule has 7 heteroatoms. The lowest BCUT2D eigenvalue weighted by atomic mass is 9.89. The van der Waals surface area contributed by atoms with Gasteiger partial charge >= 0.3 is 0 Å². The minimum Gasteiger partial charge on any atom is -0.330 e. The largest absolute Gasteiger partial charge is 0.330 e. The fourth-order valence-corrected chi connectivity index (χ4v) is 6.64. The first-order valence-corrected chi connectivity index (χ1v) is 10.0. The Hall–Kier alpha value is -0.660. The van der Waals surface area contributed by atoms with E-state index in [9.17, 15) is 8.42 Å². The summed E-state index contributed by atoms with van der Waals surface area (Å²) >= 11 is 0. The molecule has 2 unspecified atom stereocenters. The fourth-order valence-electron chi connectivity index (χ4n) is 4.65. The third kappa shape index (κ3) is 2.99. The van der Waals surface area contributed by atoms with E-state index in [0.29, 0.717) is 32.1 Å². The number of piperidine rings is 1. The molecule has 24 heavy (non-hydrogen) atoms. The molecule has 134 valence electrons. The topological polar surface area (TPSA) is 66.6 Å². The molecule has 2 saturated heterocycles. The summed E-state index contributed by atoms with van der Waals surface area (Å²) in [6.45, 7) is 2.35. The van der Waals surface area contributed by atoms with Crippen molar-refractivity contribution in [3.63, 3.8) is 0 Å². The smallest absolute Gasteiger partial charge is 0.282 e. The molecule has 2 aliphatic heterocycles. The van der Waals surface area contributed by atoms with Gasteiger partial charge in [0.05, 0.1) is 0 Å². The average molecular weight is 372 g/mol. The van der Waals surface area contributed by atoms with Gasteiger partial charge < -0.3 is 5.73 Å². The Morgan fingerprint density at radius 2 is 1.83 bits per heavy atom. The van der Waals surface area contributed by atoms with Crippen LogP contribution in [0, 0.1) is 11.8 Å². The summed E-state index contributed by atoms with van der Waals surface area (Å²) in [5.74, 6) is 0.982. The second kappa shape index (κ2) is 6.92. The van der Waals surface area contributed by atoms with Crippen LogP contribution in [0.4, 0.5) is 0 Å². The Labute approximate surface area is 150 Å². The lowest BCUT2D eigenvalue weighted by Crippen LogP contribution is -2.46. The number of halogens is 1. The molecule has 5 nitrogen and oxygen atoms in total. The van der Waals surface area contributed by atoms with Crippen LogP contribution < -0.4 is 5.73 Å². The Kier molecular flexibility index (Phi) is 5.23. The van der Waals surface area contributed by atoms with Crippen LogP contribution in [0.2, 0.25) is 0 Å². The fraction of sp³-hybridized carbons (Fsp3) is 0.647. The summed E-state index contributed by atoms with van der Waals surface area (Å²) in [4.78, 5) is 0. The van der Waals surface area contributed by atoms with E-state index in [4.69, 9.17) is 5.73 Å². The van der Waals surface area contributed by atoms with Gasteiger partial charge in [-0.05, 0) is 43.2 Å². The maximum Gasteiger partial charge on any atom is 0.282 e. The Morgan fingerprint density at radius 1 is 1.08 bits per heavy atom. The van der Waals surface area contributed by atoms with Crippen LogP contribution in [-0.4, -0.2) is 49.2 Å². The molecule has 1 aromatic carbocycles. The van der Waals surface area contributed by atoms with Crippen molar-refractivity contribution in [3.05, 3.63) is 35.9 Å². The zero-order valence-corrected chi connectivity index (χ0v) is 15.4. The van der Waals surface area contributed by atoms with Crippen molar-refractivity contribution < 1.29 is 8.42 Å². The number of hydrogen-bond acceptors (Lipinski definition) is 3. The van der Waals surface area contributed by atoms with Crippen LogP contribution in [0.25, 0.3) is 0 Å². The molecule has 1 saturated carbocycles. The van der Waals surface area contributed by atoms with Gasteiger partial charge in [0.2, 0.25) is 0 Å². The highest BCUT2D eigenvalue weighted by atomic mass is 35.5. The normalized spacial score (nSPS) is 33.7. The number of fused-ring (bicyclic) bond motifs is 2. The molecule has 0 spiro atoms. The quantitative estimate of drug-likeness (QED) is 0.877. The second-order valence-corrected chi connectivity index (χ2v) is 9.12. The first-order valence-electron chi connectivity index (χ1n) is 8.61. The van der Waals surface area contributed by atoms with Crippen molar-refractivity contribution in [2.45, 2.75) is 31.2 Å². The molecular formula is C17H26ClN3O2S. The van der Waals surface area contributed by atoms with E-state index < -0.39 is 10.2 Å². The van der Waals surface area contributed by atoms with Crippen LogP contribution in [0.3, 0.4) is 0 Å². The third-order valence-corrected chi connectivity index (χ3v) is 7.91. The van der Waals surface area contributed by atoms with Crippen molar-refractivity contribution >= 4 is 22.6 Å². The number of nitrogens with zero attached hydrogens (tertiary/aromatic N) is 2. The van der Waals surface area contributed by atoms with Crippen LogP contribution >= 0.6 is 12.4 Å². The van der Waals surface area contributed by atoms with Crippen molar-refractivity contribution in [3.8, 4) is 0 Å². The zero-order valence-electron chi connectivity index (χ0n) is 13.8. The van der Waals surface area contributed by atoms with E-state index in [1.54, 1.807) is 8.61 Å². The lowest BCUT2D eigenvalue weighted by molar-refractivity contribution is 0.302. The maximum absolute atomic E-state index is 13.1. The Bertz CT molecular complexity index is 670. The van der Waals surface area contributed by atoms with Gasteiger partial charge in [-0.3, -0.25) is 0 Å². The van der Waals surface area contributed by atoms with Crippen LogP contribution in [0.5, 0.6) is 0 Å². The van der Waals surface area contributed by atoms with Gasteiger partial charge in [-0.25, -0.2) is 0 Å². The van der Waals surface area contributed by atoms with E-state index in [-0.39, 0.29) is 30.3 Å². The van der Waals surface area contributed by atoms with E-state index in [1.165, 1.54) is 12.0 Å². The second-order valence-electron chi connectivity index (χ2n) is 7.24. The van der Waals surface area contributed by atoms with E-state index >= 15 is 0 Å². The zero-order chi connectivity index (χ0) is 16.0. The molecule has 3 fully saturated rings. The van der Waals surface area contributed by atoms with Gasteiger partial charge in [-0.15, -0.1) is 12.4 Å². The molecule has 0 amide bonds. The van der Waals surface area contributed by atoms with Crippen LogP contribution in [0.1, 0.15) is 30.7 Å². The highest BCUT2D eigenvalue weighted by Crippen LogP contribution is 2.41. The number of rotatable bonds is 4. The molecule has 4 rings (SSSR count). The minimum absolute atomic E-state index is 0. The highest BCUT2D eigenvalue weighted by Gasteiger charge is 2.48. The Morgan fingerprint density at radius 3 is 2.42 bits per heavy atom. The summed E-state index contributed by atoms with van der Waals surface area (Å²) in [5, 5.41) is 0. The molecule has 0 radical (unpaired) electrons. The molecule has 4 atom stereocenters. The maximum atomic E-state index is 13.1. The number of nitrogens with two attached hydrogens (primary N) is 1. The summed E-state index contributed by atoms with van der Waals surface area (Å²) in [6, 6.07) is 10.4. The van der Waals surface area contributed by atoms with E-state index in [2.05, 4.69) is 12.1 Å². The third-order valence-electron chi connectivity index (χ3n) is 5.92. The van der Waals surface area contributed by atoms with E-state index in [0.717, 1.165) is 12.8 Å². The average Bonchev–Trinajstić information content (AvgIpc) is 3.30. The predicted octanol–water partition coefficient (Wildman–Crippen LogP) is 1.81. The summed E-state index contributed by atoms with van der Waals surface area (Å²) in [5.41, 5.74) is 7.14. The van der Waals surface area contributed by atoms with Crippen LogP contribution in [0.15, 0.2) is 30.3 Å². The molecule has 3 aliphatic rings. The van der Waals surface area contributed by atoms with Gasteiger partial charge in [0.15, 0.2) is 0 Å². The van der Waals surface area contributed by atoms with Crippen LogP contribution in [-0.2, 0) is 10.2 Å². The monoisotopic (exact) mass is 371 g/mol. The van der Waals surface area contributed by atoms with Crippen molar-refractivity contribution in [2.75, 3.05) is 26.2 Å². The standard InChI is InChI=1S/C17H25N3O2S.ClH/c18-9-15-11-19(12-17(15)14-4-2-1-3-5-14)23(21,22)20-10-13-6-7-16(20)8-13;/h1-5,13,15-17H,6-12,18H2;1H/t13?,15-,16?,17+;/m1./s1. The van der Waals surface area contributed by atoms with Gasteiger partial charge in [-0.2, -0.15) is 17.0 Å². The first-order chi connectivity index (χ1) is 11.1. The Balaban J connectivity index is 0.00000169. The molecule has 1 aliphatic carbocycles.